The molecule has 2 N–H and O–H groups in total. The summed E-state index contributed by atoms with van der Waals surface area (Å²) in [6.07, 6.45) is 8.14. The Morgan fingerprint density at radius 3 is 2.45 bits per heavy atom. The average Bonchev–Trinajstić information content (AvgIpc) is 2.76. The summed E-state index contributed by atoms with van der Waals surface area (Å²) in [4.78, 5) is 0. The van der Waals surface area contributed by atoms with Gasteiger partial charge in [-0.1, -0.05) is 0 Å². The molecule has 4 aliphatic carbocycles. The molecule has 6 rings (SSSR count). The number of nitrogen functional groups attached to an aromatic ring is 1. The number of hydrogen-bond acceptors (Lipinski definition) is 3. The number of aromatic nitrogens is 2. The Morgan fingerprint density at radius 1 is 1.05 bits per heavy atom. The maximum absolute atomic E-state index is 6.17. The monoisotopic (exact) mass is 273 g/mol. The van der Waals surface area contributed by atoms with E-state index in [0.29, 0.717) is 12.6 Å². The number of nitrogens with two attached hydrogens (primary N) is 1. The van der Waals surface area contributed by atoms with E-state index in [2.05, 4.69) is 4.68 Å². The molecule has 108 valence electrons. The van der Waals surface area contributed by atoms with Gasteiger partial charge < -0.3 is 10.5 Å². The molecule has 1 aromatic heterocycles. The van der Waals surface area contributed by atoms with Gasteiger partial charge in [0.1, 0.15) is 5.82 Å². The summed E-state index contributed by atoms with van der Waals surface area (Å²) in [5.41, 5.74) is 8.72. The van der Waals surface area contributed by atoms with Crippen molar-refractivity contribution < 1.29 is 4.74 Å². The molecule has 0 amide bonds. The molecular formula is C16H23N3O. The molecule has 4 saturated carbocycles. The van der Waals surface area contributed by atoms with E-state index in [-0.39, 0.29) is 0 Å². The fourth-order valence-electron chi connectivity index (χ4n) is 5.83. The van der Waals surface area contributed by atoms with Crippen molar-refractivity contribution >= 4 is 5.82 Å². The number of ether oxygens (including phenoxy) is 1. The minimum atomic E-state index is 0.607. The number of fused-ring (bicyclic) bond motifs is 1. The zero-order chi connectivity index (χ0) is 13.3. The van der Waals surface area contributed by atoms with E-state index in [4.69, 9.17) is 15.6 Å². The lowest BCUT2D eigenvalue weighted by Gasteiger charge is -2.54. The first-order chi connectivity index (χ1) is 9.79. The number of anilines is 1. The van der Waals surface area contributed by atoms with Crippen molar-refractivity contribution in [1.29, 1.82) is 0 Å². The smallest absolute Gasteiger partial charge is 0.149 e. The van der Waals surface area contributed by atoms with Crippen molar-refractivity contribution in [2.24, 2.45) is 23.7 Å². The van der Waals surface area contributed by atoms with Crippen LogP contribution < -0.4 is 5.73 Å². The summed E-state index contributed by atoms with van der Waals surface area (Å²) < 4.78 is 7.98. The van der Waals surface area contributed by atoms with Crippen LogP contribution in [0, 0.1) is 23.7 Å². The first-order valence-electron chi connectivity index (χ1n) is 8.23. The fourth-order valence-corrected chi connectivity index (χ4v) is 5.83. The number of nitrogens with zero attached hydrogens (tertiary/aromatic N) is 2. The molecule has 0 radical (unpaired) electrons. The lowest BCUT2D eigenvalue weighted by Crippen LogP contribution is -2.46. The van der Waals surface area contributed by atoms with Crippen LogP contribution in [-0.2, 0) is 17.8 Å². The zero-order valence-electron chi connectivity index (χ0n) is 11.9. The molecule has 5 aliphatic rings. The Bertz CT molecular complexity index is 522. The third-order valence-electron chi connectivity index (χ3n) is 6.34. The molecule has 4 bridgehead atoms. The Balaban J connectivity index is 1.57. The van der Waals surface area contributed by atoms with Crippen LogP contribution >= 0.6 is 0 Å². The van der Waals surface area contributed by atoms with E-state index in [1.807, 2.05) is 0 Å². The van der Waals surface area contributed by atoms with E-state index in [0.717, 1.165) is 42.5 Å². The van der Waals surface area contributed by atoms with E-state index < -0.39 is 0 Å². The third-order valence-corrected chi connectivity index (χ3v) is 6.34. The van der Waals surface area contributed by atoms with Crippen molar-refractivity contribution in [3.8, 4) is 0 Å². The Hall–Kier alpha value is -1.03. The summed E-state index contributed by atoms with van der Waals surface area (Å²) in [5, 5.41) is 4.75. The highest BCUT2D eigenvalue weighted by atomic mass is 16.5. The molecule has 1 aliphatic heterocycles. The normalized spacial score (nSPS) is 41.9. The molecule has 0 spiro atoms. The number of rotatable bonds is 1. The van der Waals surface area contributed by atoms with Gasteiger partial charge in [0.05, 0.1) is 24.9 Å². The van der Waals surface area contributed by atoms with Gasteiger partial charge in [-0.2, -0.15) is 5.10 Å². The molecule has 0 aromatic carbocycles. The molecule has 4 nitrogen and oxygen atoms in total. The van der Waals surface area contributed by atoms with Crippen molar-refractivity contribution in [2.45, 2.75) is 51.2 Å². The van der Waals surface area contributed by atoms with Crippen LogP contribution in [-0.4, -0.2) is 16.4 Å². The van der Waals surface area contributed by atoms with Crippen LogP contribution in [0.25, 0.3) is 0 Å². The Labute approximate surface area is 119 Å². The summed E-state index contributed by atoms with van der Waals surface area (Å²) in [6, 6.07) is 0.607. The van der Waals surface area contributed by atoms with Crippen molar-refractivity contribution in [3.63, 3.8) is 0 Å². The highest BCUT2D eigenvalue weighted by molar-refractivity contribution is 5.44. The standard InChI is InChI=1S/C16H23N3O/c17-16-13-1-2-20-8-14(13)19(18-16)15-11-4-9-3-10(6-11)7-12(15)5-9/h9-12,15H,1-8H2,(H2,17,18). The van der Waals surface area contributed by atoms with Crippen LogP contribution in [0.1, 0.15) is 49.4 Å². The van der Waals surface area contributed by atoms with Gasteiger partial charge in [-0.25, -0.2) is 0 Å². The van der Waals surface area contributed by atoms with E-state index in [1.165, 1.54) is 43.4 Å². The topological polar surface area (TPSA) is 53.1 Å². The van der Waals surface area contributed by atoms with Crippen LogP contribution in [0.5, 0.6) is 0 Å². The van der Waals surface area contributed by atoms with Gasteiger partial charge >= 0.3 is 0 Å². The minimum absolute atomic E-state index is 0.607. The van der Waals surface area contributed by atoms with Gasteiger partial charge in [0, 0.05) is 12.0 Å². The lowest BCUT2D eigenvalue weighted by atomic mass is 9.54. The van der Waals surface area contributed by atoms with E-state index in [1.54, 1.807) is 0 Å². The van der Waals surface area contributed by atoms with Gasteiger partial charge in [-0.15, -0.1) is 0 Å². The van der Waals surface area contributed by atoms with Crippen molar-refractivity contribution in [1.82, 2.24) is 9.78 Å². The average molecular weight is 273 g/mol. The van der Waals surface area contributed by atoms with Crippen LogP contribution in [0.3, 0.4) is 0 Å². The van der Waals surface area contributed by atoms with Crippen LogP contribution in [0.15, 0.2) is 0 Å². The fraction of sp³-hybridized carbons (Fsp3) is 0.812. The maximum atomic E-state index is 6.17. The SMILES string of the molecule is Nc1nn(C2C3CC4CC(C3)CC2C4)c2c1CCOC2. The second-order valence-electron chi connectivity index (χ2n) is 7.48. The summed E-state index contributed by atoms with van der Waals surface area (Å²) in [6.45, 7) is 1.51. The van der Waals surface area contributed by atoms with Gasteiger partial charge in [0.15, 0.2) is 0 Å². The van der Waals surface area contributed by atoms with Gasteiger partial charge in [0.25, 0.3) is 0 Å². The summed E-state index contributed by atoms with van der Waals surface area (Å²) in [5.74, 6) is 4.47. The van der Waals surface area contributed by atoms with Gasteiger partial charge in [-0.3, -0.25) is 4.68 Å². The van der Waals surface area contributed by atoms with Gasteiger partial charge in [0.2, 0.25) is 0 Å². The molecule has 1 aromatic rings. The molecule has 0 atom stereocenters. The molecule has 0 unspecified atom stereocenters. The van der Waals surface area contributed by atoms with Crippen LogP contribution in [0.2, 0.25) is 0 Å². The second-order valence-corrected chi connectivity index (χ2v) is 7.48. The molecular weight excluding hydrogens is 250 g/mol. The lowest BCUT2D eigenvalue weighted by molar-refractivity contribution is -0.0369. The predicted molar refractivity (Wildman–Crippen MR) is 76.1 cm³/mol. The Kier molecular flexibility index (Phi) is 2.32. The first-order valence-corrected chi connectivity index (χ1v) is 8.23. The number of hydrogen-bond donors (Lipinski definition) is 1. The third kappa shape index (κ3) is 1.49. The van der Waals surface area contributed by atoms with Crippen molar-refractivity contribution in [3.05, 3.63) is 11.3 Å². The molecule has 0 saturated heterocycles. The Morgan fingerprint density at radius 2 is 1.75 bits per heavy atom. The van der Waals surface area contributed by atoms with Gasteiger partial charge in [-0.05, 0) is 55.8 Å². The highest BCUT2D eigenvalue weighted by Crippen LogP contribution is 2.58. The quantitative estimate of drug-likeness (QED) is 0.855. The molecule has 4 heteroatoms. The second kappa shape index (κ2) is 4.00. The van der Waals surface area contributed by atoms with E-state index >= 15 is 0 Å². The zero-order valence-corrected chi connectivity index (χ0v) is 11.9. The molecule has 2 heterocycles. The summed E-state index contributed by atoms with van der Waals surface area (Å²) in [7, 11) is 0. The van der Waals surface area contributed by atoms with E-state index in [9.17, 15) is 0 Å². The minimum Gasteiger partial charge on any atom is -0.382 e. The predicted octanol–water partition coefficient (Wildman–Crippen LogP) is 2.54. The van der Waals surface area contributed by atoms with Crippen LogP contribution in [0.4, 0.5) is 5.82 Å². The largest absolute Gasteiger partial charge is 0.382 e. The van der Waals surface area contributed by atoms with Crippen molar-refractivity contribution in [2.75, 3.05) is 12.3 Å². The first kappa shape index (κ1) is 11.6. The molecule has 4 fully saturated rings. The maximum Gasteiger partial charge on any atom is 0.149 e. The molecule has 20 heavy (non-hydrogen) atoms. The highest BCUT2D eigenvalue weighted by Gasteiger charge is 2.50. The summed E-state index contributed by atoms with van der Waals surface area (Å²) >= 11 is 0.